The lowest BCUT2D eigenvalue weighted by Gasteiger charge is -2.19. The Hall–Kier alpha value is -12.6. The molecular formula is C96H90N8O8. The molecule has 4 aliphatic carbocycles. The van der Waals surface area contributed by atoms with Gasteiger partial charge in [-0.25, -0.2) is 9.97 Å². The summed E-state index contributed by atoms with van der Waals surface area (Å²) in [5, 5.41) is 13.8. The highest BCUT2D eigenvalue weighted by atomic mass is 16.5. The van der Waals surface area contributed by atoms with Crippen LogP contribution < -0.4 is 40.2 Å². The first-order valence-electron chi connectivity index (χ1n) is 38.4. The molecule has 5 heterocycles. The largest absolute Gasteiger partial charge is 0.496 e. The van der Waals surface area contributed by atoms with Crippen LogP contribution >= 0.6 is 0 Å². The van der Waals surface area contributed by atoms with Gasteiger partial charge in [0.25, 0.3) is 0 Å². The fourth-order valence-electron chi connectivity index (χ4n) is 17.4. The van der Waals surface area contributed by atoms with Gasteiger partial charge in [0.05, 0.1) is 85.1 Å². The second kappa shape index (κ2) is 27.8. The van der Waals surface area contributed by atoms with Crippen molar-refractivity contribution >= 4 is 92.7 Å². The molecule has 112 heavy (non-hydrogen) atoms. The number of nitrogens with zero attached hydrogens (tertiary/aromatic N) is 2. The Balaban J connectivity index is 0.934. The number of amides is 4. The minimum Gasteiger partial charge on any atom is -0.496 e. The normalized spacial score (nSPS) is 21.5. The van der Waals surface area contributed by atoms with Crippen molar-refractivity contribution in [1.82, 2.24) is 19.9 Å². The number of benzene rings is 8. The summed E-state index contributed by atoms with van der Waals surface area (Å²) in [6.45, 7) is 16.8. The Morgan fingerprint density at radius 2 is 0.518 bits per heavy atom. The van der Waals surface area contributed by atoms with E-state index in [1.54, 1.807) is 28.4 Å². The van der Waals surface area contributed by atoms with Crippen molar-refractivity contribution in [2.24, 2.45) is 23.7 Å². The lowest BCUT2D eigenvalue weighted by atomic mass is 9.94. The maximum absolute atomic E-state index is 15.4. The number of aryl methyl sites for hydroxylation is 4. The number of anilines is 4. The molecule has 16 nitrogen and oxygen atoms in total. The Morgan fingerprint density at radius 1 is 0.304 bits per heavy atom. The van der Waals surface area contributed by atoms with Crippen LogP contribution in [0.3, 0.4) is 0 Å². The summed E-state index contributed by atoms with van der Waals surface area (Å²) < 4.78 is 25.3. The Kier molecular flexibility index (Phi) is 17.9. The van der Waals surface area contributed by atoms with Gasteiger partial charge in [-0.05, 0) is 173 Å². The van der Waals surface area contributed by atoms with E-state index in [2.05, 4.69) is 184 Å². The molecule has 8 aromatic carbocycles. The maximum atomic E-state index is 15.4. The van der Waals surface area contributed by atoms with Crippen molar-refractivity contribution in [2.75, 3.05) is 49.7 Å². The van der Waals surface area contributed by atoms with Gasteiger partial charge in [0.2, 0.25) is 23.6 Å². The molecule has 11 aromatic rings. The van der Waals surface area contributed by atoms with Crippen LogP contribution in [0.2, 0.25) is 0 Å². The van der Waals surface area contributed by atoms with E-state index in [0.717, 1.165) is 44.5 Å². The topological polar surface area (TPSA) is 211 Å². The number of hydrogen-bond donors (Lipinski definition) is 6. The van der Waals surface area contributed by atoms with E-state index in [9.17, 15) is 0 Å². The molecule has 4 amide bonds. The summed E-state index contributed by atoms with van der Waals surface area (Å²) in [6, 6.07) is 64.2. The van der Waals surface area contributed by atoms with Gasteiger partial charge >= 0.3 is 0 Å². The van der Waals surface area contributed by atoms with Gasteiger partial charge in [-0.3, -0.25) is 19.2 Å². The predicted octanol–water partition coefficient (Wildman–Crippen LogP) is 20.3. The fraction of sp³-hybridized carbons (Fsp3) is 0.250. The van der Waals surface area contributed by atoms with Gasteiger partial charge in [-0.2, -0.15) is 0 Å². The summed E-state index contributed by atoms with van der Waals surface area (Å²) >= 11 is 0. The van der Waals surface area contributed by atoms with Gasteiger partial charge in [-0.15, -0.1) is 0 Å². The molecule has 6 aliphatic rings. The summed E-state index contributed by atoms with van der Waals surface area (Å²) in [5.74, 6) is -0.189. The second-order valence-electron chi connectivity index (χ2n) is 32.2. The van der Waals surface area contributed by atoms with Crippen molar-refractivity contribution in [3.8, 4) is 67.5 Å². The van der Waals surface area contributed by atoms with E-state index < -0.39 is 21.7 Å². The molecule has 16 heteroatoms. The molecule has 3 aromatic heterocycles. The number of rotatable bonds is 20. The fourth-order valence-corrected chi connectivity index (χ4v) is 17.4. The standard InChI is InChI=1S/C96H90N8O8/c1-53-25-33-57(34-26-53)93(5)49-61(93)89(105)101-65-17-13-18-66(102-90(106)62-50-94(62,6)58-35-27-54(2)28-36-58)81(65)83-69-41-45-73(97-69)85(87-77(109-9)21-15-22-78(87)110-10)75-47-43-71(99-75)84(72-44-48-76(100-72)86(74-46-42-70(83)98-74)88-79(111-11)23-16-24-80(88)112-12)82-67(103-91(107)63-51-95(63,7)59-37-29-55(3)30-38-59)19-14-20-68(82)104-92(108)64-52-96(64,8)60-39-31-56(4)32-40-60/h13-48,61-64,97,100H,49-52H2,1-12H3,(H,101,105)(H,102,106)(H,103,107)(H,104,108)/t61-,62-,63-,64-,93-,94-,95-,96-/m0/s1. The highest BCUT2D eigenvalue weighted by Crippen LogP contribution is 2.59. The number of carbonyl (C=O) groups is 4. The SMILES string of the molecule is COc1cccc(OC)c1-c1c2nc(c(-c3c(NC(=O)[C@@H]4C[C@@]4(C)c4ccc(C)cc4)cccc3NC(=O)[C@@H]3C[C@@]3(C)c3ccc(C)cc3)c3ccc([nH]3)c(-c3c(OC)cccc3OC)c3nc(c(-c4c(NC(=O)[C@@H]5C[C@@]5(C)c5ccc(C)cc5)cccc4NC(=O)[C@@H]4C[C@@]4(C)c4ccc(C)cc4)c4ccc1[nH]4)C=C3)C=C2. The number of aromatic amines is 2. The zero-order valence-corrected chi connectivity index (χ0v) is 65.1. The lowest BCUT2D eigenvalue weighted by Crippen LogP contribution is -2.22. The van der Waals surface area contributed by atoms with Gasteiger partial charge in [0.15, 0.2) is 0 Å². The van der Waals surface area contributed by atoms with Crippen LogP contribution in [0.4, 0.5) is 22.7 Å². The van der Waals surface area contributed by atoms with Crippen molar-refractivity contribution in [3.05, 3.63) is 261 Å². The second-order valence-corrected chi connectivity index (χ2v) is 32.2. The summed E-state index contributed by atoms with van der Waals surface area (Å²) in [4.78, 5) is 80.8. The van der Waals surface area contributed by atoms with E-state index in [-0.39, 0.29) is 47.3 Å². The molecule has 0 radical (unpaired) electrons. The molecule has 4 fully saturated rings. The van der Waals surface area contributed by atoms with Crippen molar-refractivity contribution < 1.29 is 38.1 Å². The van der Waals surface area contributed by atoms with Crippen LogP contribution in [-0.2, 0) is 40.8 Å². The summed E-state index contributed by atoms with van der Waals surface area (Å²) in [6.07, 6.45) is 10.4. The average Bonchev–Trinajstić information content (AvgIpc) is 1.60. The predicted molar refractivity (Wildman–Crippen MR) is 448 cm³/mol. The number of nitrogens with one attached hydrogen (secondary N) is 6. The van der Waals surface area contributed by atoms with Crippen molar-refractivity contribution in [3.63, 3.8) is 0 Å². The first-order valence-corrected chi connectivity index (χ1v) is 38.4. The summed E-state index contributed by atoms with van der Waals surface area (Å²) in [7, 11) is 6.49. The molecule has 8 bridgehead atoms. The van der Waals surface area contributed by atoms with Crippen LogP contribution in [0.15, 0.2) is 194 Å². The molecule has 0 spiro atoms. The van der Waals surface area contributed by atoms with Crippen molar-refractivity contribution in [2.45, 2.75) is 103 Å². The molecule has 0 unspecified atom stereocenters. The van der Waals surface area contributed by atoms with Crippen LogP contribution in [-0.4, -0.2) is 72.0 Å². The molecule has 0 saturated heterocycles. The van der Waals surface area contributed by atoms with Crippen molar-refractivity contribution in [1.29, 1.82) is 0 Å². The third-order valence-corrected chi connectivity index (χ3v) is 24.8. The Bertz CT molecular complexity index is 5350. The molecule has 8 atom stereocenters. The van der Waals surface area contributed by atoms with Gasteiger partial charge in [-0.1, -0.05) is 171 Å². The lowest BCUT2D eigenvalue weighted by molar-refractivity contribution is -0.118. The van der Waals surface area contributed by atoms with E-state index in [1.807, 2.05) is 121 Å². The average molecular weight is 1480 g/mol. The van der Waals surface area contributed by atoms with Crippen LogP contribution in [0.1, 0.15) is 121 Å². The van der Waals surface area contributed by atoms with Crippen LogP contribution in [0.25, 0.3) is 90.9 Å². The molecule has 562 valence electrons. The quantitative estimate of drug-likeness (QED) is 0.0425. The number of H-pyrrole nitrogens is 2. The number of ether oxygens (including phenoxy) is 4. The highest BCUT2D eigenvalue weighted by molar-refractivity contribution is 6.13. The minimum absolute atomic E-state index is 0.166. The molecule has 2 aliphatic heterocycles. The van der Waals surface area contributed by atoms with Gasteiger partial charge in [0, 0.05) is 101 Å². The molecule has 6 N–H and O–H groups in total. The summed E-state index contributed by atoms with van der Waals surface area (Å²) in [5.41, 5.74) is 17.7. The van der Waals surface area contributed by atoms with Gasteiger partial charge in [0.1, 0.15) is 23.0 Å². The highest BCUT2D eigenvalue weighted by Gasteiger charge is 2.59. The van der Waals surface area contributed by atoms with E-state index >= 15 is 19.2 Å². The zero-order chi connectivity index (χ0) is 77.9. The smallest absolute Gasteiger partial charge is 0.228 e. The monoisotopic (exact) mass is 1480 g/mol. The van der Waals surface area contributed by atoms with E-state index in [4.69, 9.17) is 28.9 Å². The van der Waals surface area contributed by atoms with E-state index in [0.29, 0.717) is 161 Å². The first kappa shape index (κ1) is 72.3. The third-order valence-electron chi connectivity index (χ3n) is 24.8. The Labute approximate surface area is 652 Å². The maximum Gasteiger partial charge on any atom is 0.228 e. The first-order chi connectivity index (χ1) is 54.0. The minimum atomic E-state index is -0.427. The third kappa shape index (κ3) is 12.7. The number of carbonyl (C=O) groups excluding carboxylic acids is 4. The van der Waals surface area contributed by atoms with E-state index in [1.165, 1.54) is 0 Å². The number of fused-ring (bicyclic) bond motifs is 8. The number of hydrogen-bond acceptors (Lipinski definition) is 10. The zero-order valence-electron chi connectivity index (χ0n) is 65.1. The molecule has 4 saturated carbocycles. The molecular weight excluding hydrogens is 1390 g/mol. The van der Waals surface area contributed by atoms with Crippen LogP contribution in [0, 0.1) is 51.4 Å². The number of methoxy groups -OCH3 is 4. The van der Waals surface area contributed by atoms with Crippen LogP contribution in [0.5, 0.6) is 23.0 Å². The molecule has 17 rings (SSSR count). The van der Waals surface area contributed by atoms with Gasteiger partial charge < -0.3 is 50.2 Å². The number of aromatic nitrogens is 4. The Morgan fingerprint density at radius 3 is 0.741 bits per heavy atom.